The number of amides is 1. The summed E-state index contributed by atoms with van der Waals surface area (Å²) < 4.78 is 0. The van der Waals surface area contributed by atoms with Crippen LogP contribution in [-0.2, 0) is 0 Å². The van der Waals surface area contributed by atoms with Crippen molar-refractivity contribution in [2.24, 2.45) is 0 Å². The predicted molar refractivity (Wildman–Crippen MR) is 89.1 cm³/mol. The van der Waals surface area contributed by atoms with E-state index in [0.717, 1.165) is 13.0 Å². The summed E-state index contributed by atoms with van der Waals surface area (Å²) in [5.74, 6) is -0.0660. The van der Waals surface area contributed by atoms with Crippen molar-refractivity contribution in [2.45, 2.75) is 18.5 Å². The molecule has 0 saturated carbocycles. The Balaban J connectivity index is 1.78. The maximum atomic E-state index is 12.4. The molecule has 1 saturated heterocycles. The maximum Gasteiger partial charge on any atom is 0.251 e. The number of benzene rings is 2. The Bertz CT molecular complexity index is 659. The zero-order chi connectivity index (χ0) is 15.5. The van der Waals surface area contributed by atoms with Crippen LogP contribution in [0.2, 0.25) is 5.02 Å². The van der Waals surface area contributed by atoms with E-state index < -0.39 is 0 Å². The van der Waals surface area contributed by atoms with Crippen molar-refractivity contribution in [1.29, 1.82) is 0 Å². The van der Waals surface area contributed by atoms with Gasteiger partial charge in [-0.05, 0) is 37.2 Å². The van der Waals surface area contributed by atoms with Crippen LogP contribution in [-0.4, -0.2) is 30.4 Å². The quantitative estimate of drug-likeness (QED) is 0.940. The minimum absolute atomic E-state index is 0.0660. The van der Waals surface area contributed by atoms with E-state index in [1.54, 1.807) is 24.3 Å². The highest BCUT2D eigenvalue weighted by Gasteiger charge is 2.33. The summed E-state index contributed by atoms with van der Waals surface area (Å²) in [4.78, 5) is 14.7. The highest BCUT2D eigenvalue weighted by molar-refractivity contribution is 6.30. The first kappa shape index (κ1) is 15.1. The predicted octanol–water partition coefficient (Wildman–Crippen LogP) is 3.52. The highest BCUT2D eigenvalue weighted by Crippen LogP contribution is 2.31. The zero-order valence-corrected chi connectivity index (χ0v) is 13.3. The molecule has 0 bridgehead atoms. The third kappa shape index (κ3) is 3.16. The van der Waals surface area contributed by atoms with Gasteiger partial charge in [0.25, 0.3) is 5.91 Å². The van der Waals surface area contributed by atoms with Gasteiger partial charge in [0.15, 0.2) is 0 Å². The molecule has 114 valence electrons. The van der Waals surface area contributed by atoms with E-state index in [1.165, 1.54) is 5.56 Å². The molecule has 2 aromatic carbocycles. The van der Waals surface area contributed by atoms with Gasteiger partial charge in [-0.1, -0.05) is 48.0 Å². The summed E-state index contributed by atoms with van der Waals surface area (Å²) in [7, 11) is 2.10. The Morgan fingerprint density at radius 3 is 2.68 bits per heavy atom. The van der Waals surface area contributed by atoms with Crippen LogP contribution >= 0.6 is 11.6 Å². The first-order valence-corrected chi connectivity index (χ1v) is 7.84. The van der Waals surface area contributed by atoms with Gasteiger partial charge in [-0.3, -0.25) is 9.69 Å². The van der Waals surface area contributed by atoms with Crippen LogP contribution in [0, 0.1) is 0 Å². The first-order chi connectivity index (χ1) is 10.6. The summed E-state index contributed by atoms with van der Waals surface area (Å²) >= 11 is 5.97. The fourth-order valence-electron chi connectivity index (χ4n) is 3.12. The van der Waals surface area contributed by atoms with Crippen molar-refractivity contribution in [3.05, 3.63) is 70.7 Å². The molecule has 1 N–H and O–H groups in total. The molecule has 1 fully saturated rings. The maximum absolute atomic E-state index is 12.4. The first-order valence-electron chi connectivity index (χ1n) is 7.47. The lowest BCUT2D eigenvalue weighted by atomic mass is 10.00. The SMILES string of the molecule is CN1CC[C@H](NC(=O)c2cccc(Cl)c2)[C@@H]1c1ccccc1. The minimum Gasteiger partial charge on any atom is -0.347 e. The Morgan fingerprint density at radius 1 is 1.18 bits per heavy atom. The average Bonchev–Trinajstić information content (AvgIpc) is 2.89. The van der Waals surface area contributed by atoms with Gasteiger partial charge in [0.1, 0.15) is 0 Å². The summed E-state index contributed by atoms with van der Waals surface area (Å²) in [5, 5.41) is 3.74. The van der Waals surface area contributed by atoms with Gasteiger partial charge in [0, 0.05) is 17.1 Å². The number of carbonyl (C=O) groups excluding carboxylic acids is 1. The smallest absolute Gasteiger partial charge is 0.251 e. The Morgan fingerprint density at radius 2 is 1.95 bits per heavy atom. The topological polar surface area (TPSA) is 32.3 Å². The number of hydrogen-bond acceptors (Lipinski definition) is 2. The molecule has 1 heterocycles. The van der Waals surface area contributed by atoms with Gasteiger partial charge in [0.2, 0.25) is 0 Å². The number of hydrogen-bond donors (Lipinski definition) is 1. The molecular weight excluding hydrogens is 296 g/mol. The molecule has 0 unspecified atom stereocenters. The Labute approximate surface area is 135 Å². The molecule has 2 aromatic rings. The fourth-order valence-corrected chi connectivity index (χ4v) is 3.31. The zero-order valence-electron chi connectivity index (χ0n) is 12.5. The van der Waals surface area contributed by atoms with Crippen LogP contribution in [0.3, 0.4) is 0 Å². The number of carbonyl (C=O) groups is 1. The van der Waals surface area contributed by atoms with E-state index in [9.17, 15) is 4.79 Å². The van der Waals surface area contributed by atoms with Crippen molar-refractivity contribution < 1.29 is 4.79 Å². The number of rotatable bonds is 3. The van der Waals surface area contributed by atoms with Crippen LogP contribution in [0.1, 0.15) is 28.4 Å². The molecule has 22 heavy (non-hydrogen) atoms. The molecule has 0 spiro atoms. The van der Waals surface area contributed by atoms with Crippen LogP contribution in [0.15, 0.2) is 54.6 Å². The standard InChI is InChI=1S/C18H19ClN2O/c1-21-11-10-16(17(21)13-6-3-2-4-7-13)20-18(22)14-8-5-9-15(19)12-14/h2-9,12,16-17H,10-11H2,1H3,(H,20,22)/t16-,17-/m0/s1. The second-order valence-electron chi connectivity index (χ2n) is 5.72. The van der Waals surface area contributed by atoms with Crippen molar-refractivity contribution in [1.82, 2.24) is 10.2 Å². The lowest BCUT2D eigenvalue weighted by molar-refractivity contribution is 0.0927. The number of halogens is 1. The molecular formula is C18H19ClN2O. The molecule has 0 radical (unpaired) electrons. The molecule has 1 aliphatic rings. The highest BCUT2D eigenvalue weighted by atomic mass is 35.5. The van der Waals surface area contributed by atoms with Crippen LogP contribution in [0.4, 0.5) is 0 Å². The van der Waals surface area contributed by atoms with E-state index in [1.807, 2.05) is 18.2 Å². The summed E-state index contributed by atoms with van der Waals surface area (Å²) in [6, 6.07) is 17.7. The van der Waals surface area contributed by atoms with Gasteiger partial charge < -0.3 is 5.32 Å². The van der Waals surface area contributed by atoms with E-state index in [0.29, 0.717) is 10.6 Å². The summed E-state index contributed by atoms with van der Waals surface area (Å²) in [5.41, 5.74) is 1.84. The normalized spacial score (nSPS) is 21.7. The van der Waals surface area contributed by atoms with Gasteiger partial charge in [-0.15, -0.1) is 0 Å². The monoisotopic (exact) mass is 314 g/mol. The average molecular weight is 315 g/mol. The molecule has 3 nitrogen and oxygen atoms in total. The van der Waals surface area contributed by atoms with Crippen LogP contribution in [0.5, 0.6) is 0 Å². The summed E-state index contributed by atoms with van der Waals surface area (Å²) in [6.07, 6.45) is 0.947. The molecule has 4 heteroatoms. The lowest BCUT2D eigenvalue weighted by Crippen LogP contribution is -2.38. The second kappa shape index (κ2) is 6.51. The van der Waals surface area contributed by atoms with Crippen molar-refractivity contribution in [2.75, 3.05) is 13.6 Å². The lowest BCUT2D eigenvalue weighted by Gasteiger charge is -2.26. The number of likely N-dealkylation sites (tertiary alicyclic amines) is 1. The van der Waals surface area contributed by atoms with Crippen LogP contribution < -0.4 is 5.32 Å². The van der Waals surface area contributed by atoms with Crippen molar-refractivity contribution >= 4 is 17.5 Å². The Hall–Kier alpha value is -1.84. The molecule has 0 aliphatic carbocycles. The van der Waals surface area contributed by atoms with Gasteiger partial charge in [-0.2, -0.15) is 0 Å². The van der Waals surface area contributed by atoms with Crippen molar-refractivity contribution in [3.63, 3.8) is 0 Å². The van der Waals surface area contributed by atoms with E-state index in [-0.39, 0.29) is 18.0 Å². The molecule has 2 atom stereocenters. The number of nitrogens with zero attached hydrogens (tertiary/aromatic N) is 1. The molecule has 0 aromatic heterocycles. The third-order valence-corrected chi connectivity index (χ3v) is 4.43. The number of nitrogens with one attached hydrogen (secondary N) is 1. The summed E-state index contributed by atoms with van der Waals surface area (Å²) in [6.45, 7) is 0.972. The van der Waals surface area contributed by atoms with Gasteiger partial charge >= 0.3 is 0 Å². The van der Waals surface area contributed by atoms with Crippen molar-refractivity contribution in [3.8, 4) is 0 Å². The van der Waals surface area contributed by atoms with Gasteiger partial charge in [0.05, 0.1) is 12.1 Å². The van der Waals surface area contributed by atoms with E-state index in [4.69, 9.17) is 11.6 Å². The molecule has 3 rings (SSSR count). The second-order valence-corrected chi connectivity index (χ2v) is 6.15. The van der Waals surface area contributed by atoms with Crippen LogP contribution in [0.25, 0.3) is 0 Å². The molecule has 1 aliphatic heterocycles. The van der Waals surface area contributed by atoms with Gasteiger partial charge in [-0.25, -0.2) is 0 Å². The number of likely N-dealkylation sites (N-methyl/N-ethyl adjacent to an activating group) is 1. The molecule has 1 amide bonds. The fraction of sp³-hybridized carbons (Fsp3) is 0.278. The Kier molecular flexibility index (Phi) is 4.46. The largest absolute Gasteiger partial charge is 0.347 e. The third-order valence-electron chi connectivity index (χ3n) is 4.19. The van der Waals surface area contributed by atoms with E-state index >= 15 is 0 Å². The van der Waals surface area contributed by atoms with E-state index in [2.05, 4.69) is 29.4 Å². The minimum atomic E-state index is -0.0660.